The van der Waals surface area contributed by atoms with Crippen molar-refractivity contribution in [3.63, 3.8) is 0 Å². The Balaban J connectivity index is 1.82. The molecule has 1 aromatic heterocycles. The first kappa shape index (κ1) is 10.2. The number of allylic oxidation sites excluding steroid dienone is 2. The molecule has 0 aromatic carbocycles. The van der Waals surface area contributed by atoms with Crippen LogP contribution in [0.4, 0.5) is 5.69 Å². The van der Waals surface area contributed by atoms with Crippen LogP contribution in [0, 0.1) is 12.8 Å². The molecule has 1 aromatic rings. The Bertz CT molecular complexity index is 327. The van der Waals surface area contributed by atoms with Crippen molar-refractivity contribution < 1.29 is 0 Å². The Kier molecular flexibility index (Phi) is 3.38. The first-order valence-corrected chi connectivity index (χ1v) is 5.66. The fourth-order valence-electron chi connectivity index (χ4n) is 1.88. The highest BCUT2D eigenvalue weighted by Gasteiger charge is 2.08. The number of nitrogens with one attached hydrogen (secondary N) is 1. The summed E-state index contributed by atoms with van der Waals surface area (Å²) in [6.07, 6.45) is 10.2. The summed E-state index contributed by atoms with van der Waals surface area (Å²) < 4.78 is 0. The van der Waals surface area contributed by atoms with Gasteiger partial charge in [0.2, 0.25) is 0 Å². The first-order valence-electron chi connectivity index (χ1n) is 5.66. The van der Waals surface area contributed by atoms with Crippen molar-refractivity contribution in [2.45, 2.75) is 26.2 Å². The van der Waals surface area contributed by atoms with Crippen molar-refractivity contribution in [1.82, 2.24) is 4.98 Å². The van der Waals surface area contributed by atoms with E-state index < -0.39 is 0 Å². The maximum atomic E-state index is 4.27. The van der Waals surface area contributed by atoms with Gasteiger partial charge in [0, 0.05) is 12.2 Å². The molecule has 0 spiro atoms. The van der Waals surface area contributed by atoms with E-state index in [4.69, 9.17) is 0 Å². The van der Waals surface area contributed by atoms with Crippen molar-refractivity contribution in [3.05, 3.63) is 36.2 Å². The van der Waals surface area contributed by atoms with Gasteiger partial charge < -0.3 is 5.32 Å². The highest BCUT2D eigenvalue weighted by Crippen LogP contribution is 2.18. The van der Waals surface area contributed by atoms with Gasteiger partial charge in [-0.2, -0.15) is 0 Å². The average Bonchev–Trinajstić information content (AvgIpc) is 2.30. The molecule has 0 fully saturated rings. The van der Waals surface area contributed by atoms with Crippen LogP contribution < -0.4 is 5.32 Å². The van der Waals surface area contributed by atoms with Crippen LogP contribution in [0.15, 0.2) is 30.5 Å². The highest BCUT2D eigenvalue weighted by atomic mass is 14.9. The molecule has 1 heterocycles. The number of pyridine rings is 1. The minimum absolute atomic E-state index is 0.788. The molecule has 2 heteroatoms. The monoisotopic (exact) mass is 202 g/mol. The summed E-state index contributed by atoms with van der Waals surface area (Å²) in [5.74, 6) is 0.788. The van der Waals surface area contributed by atoms with E-state index in [-0.39, 0.29) is 0 Å². The number of aromatic nitrogens is 1. The molecule has 1 N–H and O–H groups in total. The van der Waals surface area contributed by atoms with Gasteiger partial charge in [-0.15, -0.1) is 0 Å². The number of hydrogen-bond donors (Lipinski definition) is 1. The Morgan fingerprint density at radius 2 is 2.33 bits per heavy atom. The molecular formula is C13H18N2. The molecule has 0 bridgehead atoms. The second kappa shape index (κ2) is 4.96. The van der Waals surface area contributed by atoms with Crippen molar-refractivity contribution in [2.24, 2.45) is 5.92 Å². The Hall–Kier alpha value is -1.31. The summed E-state index contributed by atoms with van der Waals surface area (Å²) >= 11 is 0. The number of nitrogens with zero attached hydrogens (tertiary/aromatic N) is 1. The summed E-state index contributed by atoms with van der Waals surface area (Å²) in [6.45, 7) is 3.07. The zero-order valence-corrected chi connectivity index (χ0v) is 9.24. The zero-order valence-electron chi connectivity index (χ0n) is 9.24. The summed E-state index contributed by atoms with van der Waals surface area (Å²) in [6, 6.07) is 4.14. The molecule has 0 saturated heterocycles. The SMILES string of the molecule is Cc1ccc(NC[C@@H]2CC=CCC2)cn1. The van der Waals surface area contributed by atoms with Crippen LogP contribution in [-0.4, -0.2) is 11.5 Å². The second-order valence-corrected chi connectivity index (χ2v) is 4.22. The number of hydrogen-bond acceptors (Lipinski definition) is 2. The van der Waals surface area contributed by atoms with Crippen LogP contribution in [0.3, 0.4) is 0 Å². The van der Waals surface area contributed by atoms with Crippen molar-refractivity contribution in [3.8, 4) is 0 Å². The van der Waals surface area contributed by atoms with Crippen LogP contribution in [0.1, 0.15) is 25.0 Å². The van der Waals surface area contributed by atoms with Gasteiger partial charge in [0.25, 0.3) is 0 Å². The largest absolute Gasteiger partial charge is 0.384 e. The molecule has 2 nitrogen and oxygen atoms in total. The van der Waals surface area contributed by atoms with E-state index in [0.717, 1.165) is 23.8 Å². The number of anilines is 1. The molecule has 2 rings (SSSR count). The molecule has 1 atom stereocenters. The minimum Gasteiger partial charge on any atom is -0.384 e. The summed E-state index contributed by atoms with van der Waals surface area (Å²) in [7, 11) is 0. The number of aryl methyl sites for hydroxylation is 1. The Labute approximate surface area is 91.4 Å². The lowest BCUT2D eigenvalue weighted by Gasteiger charge is -2.18. The first-order chi connectivity index (χ1) is 7.34. The molecule has 1 aliphatic rings. The van der Waals surface area contributed by atoms with Crippen LogP contribution in [0.2, 0.25) is 0 Å². The molecule has 0 aliphatic heterocycles. The quantitative estimate of drug-likeness (QED) is 0.761. The summed E-state index contributed by atoms with van der Waals surface area (Å²) in [5.41, 5.74) is 2.20. The minimum atomic E-state index is 0.788. The average molecular weight is 202 g/mol. The van der Waals surface area contributed by atoms with E-state index in [2.05, 4.69) is 28.5 Å². The van der Waals surface area contributed by atoms with E-state index in [1.807, 2.05) is 19.2 Å². The maximum absolute atomic E-state index is 4.27. The maximum Gasteiger partial charge on any atom is 0.0527 e. The zero-order chi connectivity index (χ0) is 10.5. The predicted octanol–water partition coefficient (Wildman–Crippen LogP) is 3.16. The lowest BCUT2D eigenvalue weighted by Crippen LogP contribution is -2.15. The van der Waals surface area contributed by atoms with E-state index in [1.54, 1.807) is 0 Å². The van der Waals surface area contributed by atoms with Gasteiger partial charge in [0.1, 0.15) is 0 Å². The van der Waals surface area contributed by atoms with Gasteiger partial charge in [-0.3, -0.25) is 4.98 Å². The lowest BCUT2D eigenvalue weighted by atomic mass is 9.94. The summed E-state index contributed by atoms with van der Waals surface area (Å²) in [4.78, 5) is 4.27. The smallest absolute Gasteiger partial charge is 0.0527 e. The van der Waals surface area contributed by atoms with Crippen molar-refractivity contribution >= 4 is 5.69 Å². The van der Waals surface area contributed by atoms with Gasteiger partial charge in [-0.05, 0) is 44.2 Å². The normalized spacial score (nSPS) is 20.2. The van der Waals surface area contributed by atoms with E-state index in [1.165, 1.54) is 19.3 Å². The molecule has 0 radical (unpaired) electrons. The van der Waals surface area contributed by atoms with E-state index in [9.17, 15) is 0 Å². The third kappa shape index (κ3) is 3.08. The van der Waals surface area contributed by atoms with Gasteiger partial charge in [0.15, 0.2) is 0 Å². The van der Waals surface area contributed by atoms with E-state index >= 15 is 0 Å². The van der Waals surface area contributed by atoms with Gasteiger partial charge in [-0.25, -0.2) is 0 Å². The fourth-order valence-corrected chi connectivity index (χ4v) is 1.88. The van der Waals surface area contributed by atoms with Gasteiger partial charge in [0.05, 0.1) is 11.9 Å². The van der Waals surface area contributed by atoms with E-state index in [0.29, 0.717) is 0 Å². The third-order valence-electron chi connectivity index (χ3n) is 2.88. The lowest BCUT2D eigenvalue weighted by molar-refractivity contribution is 0.504. The summed E-state index contributed by atoms with van der Waals surface area (Å²) in [5, 5.41) is 3.45. The third-order valence-corrected chi connectivity index (χ3v) is 2.88. The predicted molar refractivity (Wildman–Crippen MR) is 63.9 cm³/mol. The van der Waals surface area contributed by atoms with Crippen LogP contribution >= 0.6 is 0 Å². The topological polar surface area (TPSA) is 24.9 Å². The molecule has 0 saturated carbocycles. The van der Waals surface area contributed by atoms with Gasteiger partial charge in [-0.1, -0.05) is 12.2 Å². The molecular weight excluding hydrogens is 184 g/mol. The number of rotatable bonds is 3. The Morgan fingerprint density at radius 3 is 3.00 bits per heavy atom. The van der Waals surface area contributed by atoms with Crippen molar-refractivity contribution in [2.75, 3.05) is 11.9 Å². The molecule has 15 heavy (non-hydrogen) atoms. The fraction of sp³-hybridized carbons (Fsp3) is 0.462. The van der Waals surface area contributed by atoms with Gasteiger partial charge >= 0.3 is 0 Å². The molecule has 0 unspecified atom stereocenters. The van der Waals surface area contributed by atoms with Crippen LogP contribution in [-0.2, 0) is 0 Å². The second-order valence-electron chi connectivity index (χ2n) is 4.22. The standard InChI is InChI=1S/C13H18N2/c1-11-7-8-13(10-14-11)15-9-12-5-3-2-4-6-12/h2-3,7-8,10,12,15H,4-6,9H2,1H3/t12-/m1/s1. The molecule has 1 aliphatic carbocycles. The van der Waals surface area contributed by atoms with Crippen LogP contribution in [0.5, 0.6) is 0 Å². The molecule has 80 valence electrons. The van der Waals surface area contributed by atoms with Crippen molar-refractivity contribution in [1.29, 1.82) is 0 Å². The highest BCUT2D eigenvalue weighted by molar-refractivity contribution is 5.40. The molecule has 0 amide bonds. The Morgan fingerprint density at radius 1 is 1.40 bits per heavy atom. The van der Waals surface area contributed by atoms with Crippen LogP contribution in [0.25, 0.3) is 0 Å².